The van der Waals surface area contributed by atoms with Gasteiger partial charge in [-0.15, -0.1) is 0 Å². The molecule has 0 aromatic carbocycles. The van der Waals surface area contributed by atoms with Gasteiger partial charge in [-0.25, -0.2) is 0 Å². The quantitative estimate of drug-likeness (QED) is 0.601. The van der Waals surface area contributed by atoms with Crippen molar-refractivity contribution in [3.8, 4) is 0 Å². The molecule has 0 heterocycles. The standard InChI is InChI=1S/C8H16O2/c1-4-5-8(9)7(2)6-10-3/h4-5,7-9H,6H2,1-3H3/b5-4+. The van der Waals surface area contributed by atoms with E-state index >= 15 is 0 Å². The zero-order chi connectivity index (χ0) is 7.98. The van der Waals surface area contributed by atoms with Crippen LogP contribution >= 0.6 is 0 Å². The number of aliphatic hydroxyl groups excluding tert-OH is 1. The average Bonchev–Trinajstić information content (AvgIpc) is 1.89. The fraction of sp³-hybridized carbons (Fsp3) is 0.750. The van der Waals surface area contributed by atoms with Gasteiger partial charge in [0, 0.05) is 13.0 Å². The van der Waals surface area contributed by atoms with Crippen molar-refractivity contribution >= 4 is 0 Å². The maximum atomic E-state index is 9.28. The summed E-state index contributed by atoms with van der Waals surface area (Å²) in [4.78, 5) is 0. The number of methoxy groups -OCH3 is 1. The summed E-state index contributed by atoms with van der Waals surface area (Å²) in [6, 6.07) is 0. The van der Waals surface area contributed by atoms with E-state index in [1.54, 1.807) is 13.2 Å². The first kappa shape index (κ1) is 9.66. The Morgan fingerprint density at radius 3 is 2.60 bits per heavy atom. The maximum absolute atomic E-state index is 9.28. The summed E-state index contributed by atoms with van der Waals surface area (Å²) in [6.45, 7) is 4.45. The molecule has 0 saturated carbocycles. The summed E-state index contributed by atoms with van der Waals surface area (Å²) in [5.41, 5.74) is 0. The van der Waals surface area contributed by atoms with Gasteiger partial charge in [-0.1, -0.05) is 19.1 Å². The van der Waals surface area contributed by atoms with E-state index in [9.17, 15) is 5.11 Å². The van der Waals surface area contributed by atoms with Crippen molar-refractivity contribution in [3.05, 3.63) is 12.2 Å². The Kier molecular flexibility index (Phi) is 5.26. The lowest BCUT2D eigenvalue weighted by Gasteiger charge is -2.13. The summed E-state index contributed by atoms with van der Waals surface area (Å²) in [5, 5.41) is 9.28. The summed E-state index contributed by atoms with van der Waals surface area (Å²) in [5.74, 6) is 0.182. The Labute approximate surface area is 62.5 Å². The molecule has 0 aliphatic rings. The van der Waals surface area contributed by atoms with Gasteiger partial charge in [0.05, 0.1) is 12.7 Å². The molecule has 0 aliphatic heterocycles. The third-order valence-corrected chi connectivity index (χ3v) is 1.40. The fourth-order valence-electron chi connectivity index (χ4n) is 0.748. The predicted molar refractivity (Wildman–Crippen MR) is 41.9 cm³/mol. The lowest BCUT2D eigenvalue weighted by atomic mass is 10.1. The van der Waals surface area contributed by atoms with Crippen LogP contribution in [-0.4, -0.2) is 24.9 Å². The predicted octanol–water partition coefficient (Wildman–Crippen LogP) is 1.21. The third-order valence-electron chi connectivity index (χ3n) is 1.40. The van der Waals surface area contributed by atoms with E-state index in [1.807, 2.05) is 19.9 Å². The van der Waals surface area contributed by atoms with Crippen molar-refractivity contribution in [2.45, 2.75) is 20.0 Å². The van der Waals surface area contributed by atoms with E-state index in [-0.39, 0.29) is 12.0 Å². The van der Waals surface area contributed by atoms with Crippen LogP contribution in [0, 0.1) is 5.92 Å². The first-order chi connectivity index (χ1) is 4.72. The second-order valence-corrected chi connectivity index (χ2v) is 2.45. The number of hydrogen-bond donors (Lipinski definition) is 1. The van der Waals surface area contributed by atoms with E-state index in [0.717, 1.165) is 0 Å². The largest absolute Gasteiger partial charge is 0.389 e. The summed E-state index contributed by atoms with van der Waals surface area (Å²) < 4.78 is 4.88. The van der Waals surface area contributed by atoms with Crippen LogP contribution in [0.3, 0.4) is 0 Å². The normalized spacial score (nSPS) is 17.6. The highest BCUT2D eigenvalue weighted by Crippen LogP contribution is 2.03. The van der Waals surface area contributed by atoms with Crippen LogP contribution in [0.25, 0.3) is 0 Å². The van der Waals surface area contributed by atoms with Gasteiger partial charge < -0.3 is 9.84 Å². The van der Waals surface area contributed by atoms with Gasteiger partial charge in [0.15, 0.2) is 0 Å². The van der Waals surface area contributed by atoms with Crippen molar-refractivity contribution in [1.29, 1.82) is 0 Å². The second kappa shape index (κ2) is 5.45. The van der Waals surface area contributed by atoms with Gasteiger partial charge in [-0.05, 0) is 6.92 Å². The maximum Gasteiger partial charge on any atom is 0.0768 e. The van der Waals surface area contributed by atoms with Gasteiger partial charge in [-0.3, -0.25) is 0 Å². The van der Waals surface area contributed by atoms with Crippen LogP contribution in [0.1, 0.15) is 13.8 Å². The third kappa shape index (κ3) is 3.64. The molecule has 10 heavy (non-hydrogen) atoms. The molecule has 0 radical (unpaired) electrons. The van der Waals surface area contributed by atoms with Gasteiger partial charge in [0.1, 0.15) is 0 Å². The summed E-state index contributed by atoms with van der Waals surface area (Å²) in [7, 11) is 1.64. The van der Waals surface area contributed by atoms with Crippen molar-refractivity contribution in [2.24, 2.45) is 5.92 Å². The Balaban J connectivity index is 3.58. The molecule has 0 aromatic heterocycles. The van der Waals surface area contributed by atoms with Crippen LogP contribution in [0.2, 0.25) is 0 Å². The molecule has 2 nitrogen and oxygen atoms in total. The molecule has 0 amide bonds. The van der Waals surface area contributed by atoms with Crippen molar-refractivity contribution in [2.75, 3.05) is 13.7 Å². The molecule has 0 fully saturated rings. The minimum atomic E-state index is -0.370. The minimum absolute atomic E-state index is 0.182. The minimum Gasteiger partial charge on any atom is -0.389 e. The van der Waals surface area contributed by atoms with Gasteiger partial charge in [0.2, 0.25) is 0 Å². The zero-order valence-electron chi connectivity index (χ0n) is 6.87. The van der Waals surface area contributed by atoms with Crippen LogP contribution in [0.5, 0.6) is 0 Å². The Morgan fingerprint density at radius 1 is 1.60 bits per heavy atom. The highest BCUT2D eigenvalue weighted by atomic mass is 16.5. The fourth-order valence-corrected chi connectivity index (χ4v) is 0.748. The Bertz CT molecular complexity index is 99.4. The molecular formula is C8H16O2. The summed E-state index contributed by atoms with van der Waals surface area (Å²) >= 11 is 0. The van der Waals surface area contributed by atoms with E-state index < -0.39 is 0 Å². The number of aliphatic hydroxyl groups is 1. The Morgan fingerprint density at radius 2 is 2.20 bits per heavy atom. The molecule has 0 bridgehead atoms. The SMILES string of the molecule is C/C=C/C(O)C(C)COC. The zero-order valence-corrected chi connectivity index (χ0v) is 6.87. The molecule has 1 N–H and O–H groups in total. The van der Waals surface area contributed by atoms with Crippen molar-refractivity contribution in [1.82, 2.24) is 0 Å². The van der Waals surface area contributed by atoms with Crippen LogP contribution < -0.4 is 0 Å². The number of hydrogen-bond acceptors (Lipinski definition) is 2. The molecule has 0 rings (SSSR count). The van der Waals surface area contributed by atoms with Crippen LogP contribution in [-0.2, 0) is 4.74 Å². The van der Waals surface area contributed by atoms with Gasteiger partial charge >= 0.3 is 0 Å². The number of ether oxygens (including phenoxy) is 1. The van der Waals surface area contributed by atoms with Crippen molar-refractivity contribution in [3.63, 3.8) is 0 Å². The lowest BCUT2D eigenvalue weighted by Crippen LogP contribution is -2.19. The topological polar surface area (TPSA) is 29.5 Å². The highest BCUT2D eigenvalue weighted by molar-refractivity contribution is 4.88. The van der Waals surface area contributed by atoms with E-state index in [2.05, 4.69) is 0 Å². The molecule has 2 unspecified atom stereocenters. The second-order valence-electron chi connectivity index (χ2n) is 2.45. The summed E-state index contributed by atoms with van der Waals surface area (Å²) in [6.07, 6.45) is 3.24. The molecular weight excluding hydrogens is 128 g/mol. The van der Waals surface area contributed by atoms with E-state index in [4.69, 9.17) is 4.74 Å². The van der Waals surface area contributed by atoms with Crippen molar-refractivity contribution < 1.29 is 9.84 Å². The average molecular weight is 144 g/mol. The highest BCUT2D eigenvalue weighted by Gasteiger charge is 2.08. The molecule has 60 valence electrons. The monoisotopic (exact) mass is 144 g/mol. The van der Waals surface area contributed by atoms with Crippen LogP contribution in [0.4, 0.5) is 0 Å². The lowest BCUT2D eigenvalue weighted by molar-refractivity contribution is 0.0838. The molecule has 2 heteroatoms. The van der Waals surface area contributed by atoms with Crippen LogP contribution in [0.15, 0.2) is 12.2 Å². The molecule has 0 spiro atoms. The molecule has 0 saturated heterocycles. The molecule has 2 atom stereocenters. The van der Waals surface area contributed by atoms with E-state index in [1.165, 1.54) is 0 Å². The Hall–Kier alpha value is -0.340. The van der Waals surface area contributed by atoms with Gasteiger partial charge in [-0.2, -0.15) is 0 Å². The first-order valence-electron chi connectivity index (χ1n) is 3.52. The smallest absolute Gasteiger partial charge is 0.0768 e. The first-order valence-corrected chi connectivity index (χ1v) is 3.52. The molecule has 0 aliphatic carbocycles. The number of rotatable bonds is 4. The number of allylic oxidation sites excluding steroid dienone is 1. The van der Waals surface area contributed by atoms with E-state index in [0.29, 0.717) is 6.61 Å². The van der Waals surface area contributed by atoms with Gasteiger partial charge in [0.25, 0.3) is 0 Å². The molecule has 0 aromatic rings.